The van der Waals surface area contributed by atoms with Crippen LogP contribution in [0.2, 0.25) is 0 Å². The number of carbonyl (C=O) groups excluding carboxylic acids is 2. The molecule has 1 aliphatic rings. The van der Waals surface area contributed by atoms with E-state index >= 15 is 0 Å². The van der Waals surface area contributed by atoms with Gasteiger partial charge in [-0.15, -0.1) is 0 Å². The van der Waals surface area contributed by atoms with Crippen molar-refractivity contribution in [3.63, 3.8) is 0 Å². The Morgan fingerprint density at radius 3 is 2.61 bits per heavy atom. The molecule has 0 unspecified atom stereocenters. The van der Waals surface area contributed by atoms with Gasteiger partial charge >= 0.3 is 6.03 Å². The van der Waals surface area contributed by atoms with Gasteiger partial charge in [0.2, 0.25) is 0 Å². The Labute approximate surface area is 192 Å². The third-order valence-electron chi connectivity index (χ3n) is 5.51. The Bertz CT molecular complexity index is 1200. The first-order chi connectivity index (χ1) is 16.1. The molecular weight excluding hydrogens is 416 g/mol. The minimum Gasteiger partial charge on any atom is -0.497 e. The van der Waals surface area contributed by atoms with Gasteiger partial charge in [0.15, 0.2) is 0 Å². The van der Waals surface area contributed by atoms with Crippen LogP contribution in [0.15, 0.2) is 72.8 Å². The zero-order chi connectivity index (χ0) is 23.2. The van der Waals surface area contributed by atoms with Gasteiger partial charge in [0.05, 0.1) is 18.7 Å². The number of carbonyl (C=O) groups is 2. The highest BCUT2D eigenvalue weighted by Crippen LogP contribution is 2.24. The fraction of sp³-hybridized carbons (Fsp3) is 0.192. The van der Waals surface area contributed by atoms with Crippen LogP contribution < -0.4 is 15.0 Å². The maximum atomic E-state index is 13.1. The average molecular weight is 441 g/mol. The lowest BCUT2D eigenvalue weighted by atomic mass is 10.1. The number of hydrogen-bond donors (Lipinski definition) is 1. The summed E-state index contributed by atoms with van der Waals surface area (Å²) >= 11 is 0. The third-order valence-corrected chi connectivity index (χ3v) is 5.51. The molecule has 33 heavy (non-hydrogen) atoms. The molecule has 1 heterocycles. The van der Waals surface area contributed by atoms with Gasteiger partial charge in [0.1, 0.15) is 5.75 Å². The lowest BCUT2D eigenvalue weighted by molar-refractivity contribution is 0.102. The highest BCUT2D eigenvalue weighted by Gasteiger charge is 2.26. The summed E-state index contributed by atoms with van der Waals surface area (Å²) in [5, 5.41) is 12.0. The van der Waals surface area contributed by atoms with Crippen molar-refractivity contribution in [2.24, 2.45) is 0 Å². The van der Waals surface area contributed by atoms with Crippen molar-refractivity contribution in [2.75, 3.05) is 30.4 Å². The first kappa shape index (κ1) is 21.9. The van der Waals surface area contributed by atoms with Crippen LogP contribution in [-0.4, -0.2) is 37.0 Å². The first-order valence-electron chi connectivity index (χ1n) is 10.7. The number of anilines is 2. The van der Waals surface area contributed by atoms with Crippen LogP contribution in [0.5, 0.6) is 5.75 Å². The van der Waals surface area contributed by atoms with Gasteiger partial charge in [-0.05, 0) is 66.6 Å². The second-order valence-corrected chi connectivity index (χ2v) is 7.75. The molecule has 1 fully saturated rings. The van der Waals surface area contributed by atoms with E-state index in [0.717, 1.165) is 17.7 Å². The largest absolute Gasteiger partial charge is 0.497 e. The quantitative estimate of drug-likeness (QED) is 0.605. The fourth-order valence-corrected chi connectivity index (χ4v) is 3.82. The summed E-state index contributed by atoms with van der Waals surface area (Å²) < 4.78 is 5.17. The van der Waals surface area contributed by atoms with Gasteiger partial charge in [-0.3, -0.25) is 9.69 Å². The highest BCUT2D eigenvalue weighted by atomic mass is 16.5. The number of rotatable bonds is 6. The predicted octanol–water partition coefficient (Wildman–Crippen LogP) is 4.65. The molecule has 0 bridgehead atoms. The van der Waals surface area contributed by atoms with Crippen molar-refractivity contribution >= 4 is 23.3 Å². The molecule has 0 saturated carbocycles. The van der Waals surface area contributed by atoms with Crippen LogP contribution in [0, 0.1) is 11.3 Å². The lowest BCUT2D eigenvalue weighted by Crippen LogP contribution is -2.49. The van der Waals surface area contributed by atoms with Crippen molar-refractivity contribution in [1.82, 2.24) is 4.90 Å². The molecule has 1 saturated heterocycles. The second kappa shape index (κ2) is 9.88. The highest BCUT2D eigenvalue weighted by molar-refractivity contribution is 6.04. The standard InChI is InChI=1S/C26H24N4O3/c1-33-24-8-3-7-21(16-24)25(31)28-22-9-11-23(12-10-22)30-14-4-13-29(26(30)32)18-20-6-2-5-19(15-20)17-27/h2-3,5-12,15-16H,4,13-14,18H2,1H3,(H,28,31). The smallest absolute Gasteiger partial charge is 0.324 e. The zero-order valence-electron chi connectivity index (χ0n) is 18.3. The van der Waals surface area contributed by atoms with Crippen molar-refractivity contribution < 1.29 is 14.3 Å². The van der Waals surface area contributed by atoms with E-state index < -0.39 is 0 Å². The van der Waals surface area contributed by atoms with E-state index in [2.05, 4.69) is 11.4 Å². The molecule has 0 aromatic heterocycles. The molecule has 7 heteroatoms. The summed E-state index contributed by atoms with van der Waals surface area (Å²) in [4.78, 5) is 29.2. The van der Waals surface area contributed by atoms with Crippen molar-refractivity contribution in [3.8, 4) is 11.8 Å². The molecule has 0 atom stereocenters. The summed E-state index contributed by atoms with van der Waals surface area (Å²) in [6.07, 6.45) is 0.845. The minimum atomic E-state index is -0.235. The van der Waals surface area contributed by atoms with E-state index in [4.69, 9.17) is 10.00 Å². The summed E-state index contributed by atoms with van der Waals surface area (Å²) in [6, 6.07) is 23.6. The molecule has 1 N–H and O–H groups in total. The van der Waals surface area contributed by atoms with Gasteiger partial charge in [-0.2, -0.15) is 5.26 Å². The molecule has 166 valence electrons. The van der Waals surface area contributed by atoms with E-state index in [9.17, 15) is 9.59 Å². The SMILES string of the molecule is COc1cccc(C(=O)Nc2ccc(N3CCCN(Cc4cccc(C#N)c4)C3=O)cc2)c1. The number of nitrogens with one attached hydrogen (secondary N) is 1. The Balaban J connectivity index is 1.42. The Kier molecular flexibility index (Phi) is 6.56. The van der Waals surface area contributed by atoms with Crippen LogP contribution in [0.4, 0.5) is 16.2 Å². The molecular formula is C26H24N4O3. The van der Waals surface area contributed by atoms with Gasteiger partial charge in [0, 0.05) is 36.6 Å². The number of amides is 3. The fourth-order valence-electron chi connectivity index (χ4n) is 3.82. The molecule has 4 rings (SSSR count). The number of ether oxygens (including phenoxy) is 1. The Morgan fingerprint density at radius 1 is 1.06 bits per heavy atom. The minimum absolute atomic E-state index is 0.0724. The first-order valence-corrected chi connectivity index (χ1v) is 10.7. The monoisotopic (exact) mass is 440 g/mol. The zero-order valence-corrected chi connectivity index (χ0v) is 18.3. The molecule has 3 amide bonds. The number of methoxy groups -OCH3 is 1. The van der Waals surface area contributed by atoms with Crippen LogP contribution in [-0.2, 0) is 6.54 Å². The van der Waals surface area contributed by atoms with E-state index in [1.807, 2.05) is 30.3 Å². The van der Waals surface area contributed by atoms with E-state index in [1.54, 1.807) is 59.4 Å². The van der Waals surface area contributed by atoms with Crippen molar-refractivity contribution in [2.45, 2.75) is 13.0 Å². The van der Waals surface area contributed by atoms with E-state index in [-0.39, 0.29) is 11.9 Å². The molecule has 0 spiro atoms. The third kappa shape index (κ3) is 5.13. The maximum absolute atomic E-state index is 13.1. The molecule has 0 radical (unpaired) electrons. The molecule has 3 aromatic carbocycles. The van der Waals surface area contributed by atoms with Crippen LogP contribution >= 0.6 is 0 Å². The lowest BCUT2D eigenvalue weighted by Gasteiger charge is -2.35. The molecule has 3 aromatic rings. The summed E-state index contributed by atoms with van der Waals surface area (Å²) in [5.74, 6) is 0.381. The maximum Gasteiger partial charge on any atom is 0.324 e. The van der Waals surface area contributed by atoms with Gasteiger partial charge in [-0.1, -0.05) is 18.2 Å². The molecule has 0 aliphatic carbocycles. The number of benzene rings is 3. The topological polar surface area (TPSA) is 85.7 Å². The average Bonchev–Trinajstić information content (AvgIpc) is 2.86. The molecule has 7 nitrogen and oxygen atoms in total. The van der Waals surface area contributed by atoms with E-state index in [0.29, 0.717) is 42.2 Å². The second-order valence-electron chi connectivity index (χ2n) is 7.75. The van der Waals surface area contributed by atoms with E-state index in [1.165, 1.54) is 0 Å². The summed E-state index contributed by atoms with van der Waals surface area (Å²) in [7, 11) is 1.56. The number of urea groups is 1. The summed E-state index contributed by atoms with van der Waals surface area (Å²) in [5.41, 5.74) is 3.43. The van der Waals surface area contributed by atoms with Gasteiger partial charge in [0.25, 0.3) is 5.91 Å². The normalized spacial score (nSPS) is 13.4. The number of nitrogens with zero attached hydrogens (tertiary/aromatic N) is 3. The number of nitriles is 1. The van der Waals surface area contributed by atoms with Crippen molar-refractivity contribution in [3.05, 3.63) is 89.5 Å². The van der Waals surface area contributed by atoms with Gasteiger partial charge < -0.3 is 15.0 Å². The predicted molar refractivity (Wildman–Crippen MR) is 126 cm³/mol. The van der Waals surface area contributed by atoms with Gasteiger partial charge in [-0.25, -0.2) is 4.79 Å². The summed E-state index contributed by atoms with van der Waals surface area (Å²) in [6.45, 7) is 1.75. The Hall–Kier alpha value is -4.31. The molecule has 1 aliphatic heterocycles. The van der Waals surface area contributed by atoms with Crippen LogP contribution in [0.25, 0.3) is 0 Å². The van der Waals surface area contributed by atoms with Crippen molar-refractivity contribution in [1.29, 1.82) is 5.26 Å². The Morgan fingerprint density at radius 2 is 1.85 bits per heavy atom. The van der Waals surface area contributed by atoms with Crippen LogP contribution in [0.1, 0.15) is 27.9 Å². The number of hydrogen-bond acceptors (Lipinski definition) is 4. The van der Waals surface area contributed by atoms with Crippen LogP contribution in [0.3, 0.4) is 0 Å².